The lowest BCUT2D eigenvalue weighted by atomic mass is 10.0. The fourth-order valence-corrected chi connectivity index (χ4v) is 6.65. The van der Waals surface area contributed by atoms with Crippen molar-refractivity contribution < 1.29 is 18.9 Å². The molecule has 0 radical (unpaired) electrons. The molecule has 178 valence electrons. The number of tetrazole rings is 1. The van der Waals surface area contributed by atoms with Crippen molar-refractivity contribution in [3.63, 3.8) is 0 Å². The van der Waals surface area contributed by atoms with Crippen molar-refractivity contribution in [1.29, 1.82) is 0 Å². The van der Waals surface area contributed by atoms with E-state index in [9.17, 15) is 18.9 Å². The van der Waals surface area contributed by atoms with E-state index >= 15 is 0 Å². The number of thioether (sulfide) groups is 2. The van der Waals surface area contributed by atoms with Crippen molar-refractivity contribution in [2.24, 2.45) is 7.05 Å². The lowest BCUT2D eigenvalue weighted by molar-refractivity contribution is -0.147. The van der Waals surface area contributed by atoms with E-state index in [2.05, 4.69) is 30.8 Å². The molecule has 33 heavy (non-hydrogen) atoms. The summed E-state index contributed by atoms with van der Waals surface area (Å²) in [4.78, 5) is 33.6. The molecule has 2 aliphatic rings. The molecule has 0 bridgehead atoms. The molecule has 1 amide bonds. The fraction of sp³-hybridized carbons (Fsp3) is 0.556. The molecule has 1 saturated heterocycles. The number of aromatic amines is 1. The lowest BCUT2D eigenvalue weighted by Crippen LogP contribution is -2.67. The summed E-state index contributed by atoms with van der Waals surface area (Å²) in [6.45, 7) is 1.90. The number of hydrogen-bond donors (Lipinski definition) is 3. The molecular formula is C18H24N8O4S3. The molecule has 3 N–H and O–H groups in total. The van der Waals surface area contributed by atoms with Gasteiger partial charge in [0.05, 0.1) is 6.20 Å². The first-order chi connectivity index (χ1) is 15.9. The van der Waals surface area contributed by atoms with E-state index in [0.717, 1.165) is 18.5 Å². The molecular weight excluding hydrogens is 488 g/mol. The molecule has 4 heterocycles. The minimum Gasteiger partial charge on any atom is -0.477 e. The Morgan fingerprint density at radius 3 is 3.00 bits per heavy atom. The van der Waals surface area contributed by atoms with Gasteiger partial charge < -0.3 is 15.4 Å². The summed E-state index contributed by atoms with van der Waals surface area (Å²) in [5.74, 6) is 1.21. The fourth-order valence-electron chi connectivity index (χ4n) is 3.56. The number of fused-ring (bicyclic) bond motifs is 1. The van der Waals surface area contributed by atoms with E-state index < -0.39 is 22.8 Å². The van der Waals surface area contributed by atoms with Crippen LogP contribution in [-0.4, -0.2) is 90.7 Å². The van der Waals surface area contributed by atoms with Gasteiger partial charge in [0.2, 0.25) is 11.1 Å². The number of anilines is 1. The second kappa shape index (κ2) is 10.3. The Bertz CT molecular complexity index is 1100. The number of nitrogens with one attached hydrogen (secondary N) is 2. The van der Waals surface area contributed by atoms with Crippen molar-refractivity contribution in [1.82, 2.24) is 35.1 Å². The highest BCUT2D eigenvalue weighted by molar-refractivity contribution is 8.01. The van der Waals surface area contributed by atoms with E-state index in [-0.39, 0.29) is 17.0 Å². The van der Waals surface area contributed by atoms with Gasteiger partial charge in [-0.1, -0.05) is 18.7 Å². The van der Waals surface area contributed by atoms with Gasteiger partial charge in [-0.15, -0.1) is 16.9 Å². The molecule has 0 aliphatic carbocycles. The number of rotatable bonds is 11. The Morgan fingerprint density at radius 2 is 2.30 bits per heavy atom. The monoisotopic (exact) mass is 512 g/mol. The summed E-state index contributed by atoms with van der Waals surface area (Å²) >= 11 is 2.85. The summed E-state index contributed by atoms with van der Waals surface area (Å²) in [5, 5.41) is 24.4. The van der Waals surface area contributed by atoms with E-state index in [1.807, 2.05) is 6.92 Å². The summed E-state index contributed by atoms with van der Waals surface area (Å²) < 4.78 is 13.1. The molecule has 2 unspecified atom stereocenters. The van der Waals surface area contributed by atoms with Crippen LogP contribution >= 0.6 is 23.5 Å². The Kier molecular flexibility index (Phi) is 7.38. The Hall–Kier alpha value is -2.39. The minimum atomic E-state index is -1.12. The van der Waals surface area contributed by atoms with Gasteiger partial charge in [0.25, 0.3) is 5.91 Å². The first-order valence-corrected chi connectivity index (χ1v) is 13.8. The summed E-state index contributed by atoms with van der Waals surface area (Å²) in [6, 6.07) is -0.562. The van der Waals surface area contributed by atoms with E-state index in [4.69, 9.17) is 0 Å². The van der Waals surface area contributed by atoms with E-state index in [1.165, 1.54) is 33.1 Å². The molecule has 2 aromatic heterocycles. The van der Waals surface area contributed by atoms with Crippen LogP contribution in [0.3, 0.4) is 0 Å². The number of aromatic nitrogens is 6. The van der Waals surface area contributed by atoms with E-state index in [1.54, 1.807) is 13.2 Å². The van der Waals surface area contributed by atoms with Gasteiger partial charge in [0.15, 0.2) is 0 Å². The molecule has 0 saturated carbocycles. The number of β-lactam (4-membered cyclic amide) rings is 1. The third-order valence-corrected chi connectivity index (χ3v) is 9.09. The quantitative estimate of drug-likeness (QED) is 0.283. The predicted molar refractivity (Wildman–Crippen MR) is 125 cm³/mol. The van der Waals surface area contributed by atoms with Crippen molar-refractivity contribution in [2.45, 2.75) is 36.3 Å². The number of carbonyl (C=O) groups excluding carboxylic acids is 1. The van der Waals surface area contributed by atoms with Crippen LogP contribution in [0.15, 0.2) is 22.6 Å². The Labute approximate surface area is 200 Å². The normalized spacial score (nSPS) is 21.0. The number of carboxylic acids is 1. The summed E-state index contributed by atoms with van der Waals surface area (Å²) in [7, 11) is 0.916. The number of carboxylic acid groups (broad SMARTS) is 1. The average molecular weight is 513 g/mol. The van der Waals surface area contributed by atoms with Crippen LogP contribution in [0.4, 0.5) is 5.95 Å². The Morgan fingerprint density at radius 1 is 1.48 bits per heavy atom. The molecule has 3 atom stereocenters. The van der Waals surface area contributed by atoms with Crippen molar-refractivity contribution in [3.8, 4) is 0 Å². The lowest BCUT2D eigenvalue weighted by Gasteiger charge is -2.49. The van der Waals surface area contributed by atoms with Gasteiger partial charge >= 0.3 is 5.97 Å². The number of nitrogens with zero attached hydrogens (tertiary/aromatic N) is 6. The first-order valence-electron chi connectivity index (χ1n) is 10.3. The van der Waals surface area contributed by atoms with Gasteiger partial charge in [-0.2, -0.15) is 0 Å². The predicted octanol–water partition coefficient (Wildman–Crippen LogP) is 0.461. The zero-order valence-electron chi connectivity index (χ0n) is 18.1. The van der Waals surface area contributed by atoms with Crippen molar-refractivity contribution in [3.05, 3.63) is 23.2 Å². The van der Waals surface area contributed by atoms with Gasteiger partial charge in [-0.25, -0.2) is 14.5 Å². The number of H-pyrrole nitrogens is 1. The number of amides is 1. The minimum absolute atomic E-state index is 0.0356. The molecule has 0 aromatic carbocycles. The summed E-state index contributed by atoms with van der Waals surface area (Å²) in [6.07, 6.45) is 3.21. The van der Waals surface area contributed by atoms with Crippen LogP contribution in [0.1, 0.15) is 19.0 Å². The maximum absolute atomic E-state index is 12.9. The molecule has 12 nitrogen and oxygen atoms in total. The topological polar surface area (TPSA) is 159 Å². The van der Waals surface area contributed by atoms with Gasteiger partial charge in [-0.05, 0) is 28.8 Å². The van der Waals surface area contributed by atoms with Gasteiger partial charge in [-0.3, -0.25) is 13.9 Å². The molecule has 15 heteroatoms. The van der Waals surface area contributed by atoms with Crippen LogP contribution in [0.25, 0.3) is 0 Å². The Balaban J connectivity index is 1.38. The number of aliphatic carboxylic acids is 1. The molecule has 4 rings (SSSR count). The second-order valence-electron chi connectivity index (χ2n) is 7.46. The van der Waals surface area contributed by atoms with Crippen LogP contribution < -0.4 is 5.32 Å². The SMILES string of the molecule is CCS(=O)CCCc1cnc(NC2C(=O)N3C(C(=O)O)=C(CSc4nnnn4C)CS[C@@H]23)[nH]1. The van der Waals surface area contributed by atoms with Crippen LogP contribution in [0, 0.1) is 0 Å². The maximum atomic E-state index is 12.9. The third kappa shape index (κ3) is 5.09. The van der Waals surface area contributed by atoms with Crippen LogP contribution in [-0.2, 0) is 33.9 Å². The average Bonchev–Trinajstić information content (AvgIpc) is 3.43. The highest BCUT2D eigenvalue weighted by Gasteiger charge is 2.53. The zero-order chi connectivity index (χ0) is 23.5. The molecule has 2 aromatic rings. The molecule has 2 aliphatic heterocycles. The first kappa shape index (κ1) is 23.8. The smallest absolute Gasteiger partial charge is 0.352 e. The zero-order valence-corrected chi connectivity index (χ0v) is 20.5. The number of carbonyl (C=O) groups is 2. The van der Waals surface area contributed by atoms with Crippen molar-refractivity contribution in [2.75, 3.05) is 28.3 Å². The molecule has 1 fully saturated rings. The van der Waals surface area contributed by atoms with Gasteiger partial charge in [0.1, 0.15) is 17.1 Å². The van der Waals surface area contributed by atoms with Crippen LogP contribution in [0.5, 0.6) is 0 Å². The third-order valence-electron chi connectivity index (χ3n) is 5.27. The van der Waals surface area contributed by atoms with Crippen molar-refractivity contribution >= 4 is 52.1 Å². The number of aryl methyl sites for hydroxylation is 2. The summed E-state index contributed by atoms with van der Waals surface area (Å²) in [5.41, 5.74) is 1.59. The van der Waals surface area contributed by atoms with Crippen LogP contribution in [0.2, 0.25) is 0 Å². The maximum Gasteiger partial charge on any atom is 0.352 e. The van der Waals surface area contributed by atoms with E-state index in [0.29, 0.717) is 39.7 Å². The second-order valence-corrected chi connectivity index (χ2v) is 11.4. The number of hydrogen-bond acceptors (Lipinski definition) is 10. The highest BCUT2D eigenvalue weighted by Crippen LogP contribution is 2.42. The largest absolute Gasteiger partial charge is 0.477 e. The number of imidazole rings is 1. The molecule has 0 spiro atoms. The van der Waals surface area contributed by atoms with Gasteiger partial charge in [0, 0.05) is 46.6 Å². The highest BCUT2D eigenvalue weighted by atomic mass is 32.2. The standard InChI is InChI=1S/C18H24N8O4S3/c1-3-33(30)6-4-5-11-7-19-17(20-11)21-12-14(27)26-13(16(28)29)10(8-31-15(12)26)9-32-18-22-23-24-25(18)2/h7,12,15H,3-6,8-9H2,1-2H3,(H,28,29)(H2,19,20,21)/t12?,15-,33?/m0/s1.